The summed E-state index contributed by atoms with van der Waals surface area (Å²) in [6, 6.07) is 10.7. The van der Waals surface area contributed by atoms with Crippen LogP contribution in [-0.2, 0) is 4.79 Å². The highest BCUT2D eigenvalue weighted by Crippen LogP contribution is 2.32. The Hall–Kier alpha value is -2.20. The Kier molecular flexibility index (Phi) is 4.93. The van der Waals surface area contributed by atoms with Gasteiger partial charge in [-0.3, -0.25) is 0 Å². The van der Waals surface area contributed by atoms with Crippen molar-refractivity contribution in [2.75, 3.05) is 0 Å². The van der Waals surface area contributed by atoms with Crippen molar-refractivity contribution < 1.29 is 19.4 Å². The maximum atomic E-state index is 10.9. The van der Waals surface area contributed by atoms with Crippen LogP contribution in [0.4, 0.5) is 0 Å². The molecule has 5 heteroatoms. The average Bonchev–Trinajstić information content (AvgIpc) is 2.45. The summed E-state index contributed by atoms with van der Waals surface area (Å²) in [5.41, 5.74) is 1.63. The van der Waals surface area contributed by atoms with E-state index in [1.807, 2.05) is 26.0 Å². The first-order valence-electron chi connectivity index (χ1n) is 6.81. The third kappa shape index (κ3) is 3.92. The van der Waals surface area contributed by atoms with E-state index in [2.05, 4.69) is 0 Å². The van der Waals surface area contributed by atoms with Gasteiger partial charge < -0.3 is 14.6 Å². The van der Waals surface area contributed by atoms with E-state index in [1.54, 1.807) is 24.3 Å². The Morgan fingerprint density at radius 2 is 1.64 bits per heavy atom. The molecule has 1 N–H and O–H groups in total. The van der Waals surface area contributed by atoms with Crippen LogP contribution in [0.1, 0.15) is 18.1 Å². The van der Waals surface area contributed by atoms with Crippen molar-refractivity contribution in [2.24, 2.45) is 0 Å². The summed E-state index contributed by atoms with van der Waals surface area (Å²) in [6.45, 7) is 5.20. The Morgan fingerprint density at radius 3 is 2.14 bits per heavy atom. The van der Waals surface area contributed by atoms with Gasteiger partial charge in [0.25, 0.3) is 0 Å². The van der Waals surface area contributed by atoms with Crippen molar-refractivity contribution in [1.82, 2.24) is 0 Å². The lowest BCUT2D eigenvalue weighted by atomic mass is 10.1. The number of hydrogen-bond donors (Lipinski definition) is 1. The first-order chi connectivity index (χ1) is 10.4. The highest BCUT2D eigenvalue weighted by molar-refractivity contribution is 6.30. The fourth-order valence-electron chi connectivity index (χ4n) is 2.02. The van der Waals surface area contributed by atoms with Crippen LogP contribution in [0.3, 0.4) is 0 Å². The lowest BCUT2D eigenvalue weighted by molar-refractivity contribution is -0.144. The molecule has 0 fully saturated rings. The minimum absolute atomic E-state index is 0.568. The number of benzene rings is 2. The second kappa shape index (κ2) is 6.71. The summed E-state index contributed by atoms with van der Waals surface area (Å²) >= 11 is 5.84. The zero-order valence-corrected chi connectivity index (χ0v) is 13.3. The molecule has 0 saturated heterocycles. The van der Waals surface area contributed by atoms with Crippen LogP contribution in [0.15, 0.2) is 36.4 Å². The van der Waals surface area contributed by atoms with Gasteiger partial charge in [-0.2, -0.15) is 0 Å². The molecule has 2 rings (SSSR count). The van der Waals surface area contributed by atoms with Crippen LogP contribution in [0.25, 0.3) is 0 Å². The van der Waals surface area contributed by atoms with Crippen molar-refractivity contribution in [2.45, 2.75) is 26.9 Å². The maximum Gasteiger partial charge on any atom is 0.344 e. The molecule has 0 saturated carbocycles. The largest absolute Gasteiger partial charge is 0.479 e. The van der Waals surface area contributed by atoms with Gasteiger partial charge in [0.2, 0.25) is 0 Å². The van der Waals surface area contributed by atoms with Gasteiger partial charge in [0.1, 0.15) is 17.2 Å². The lowest BCUT2D eigenvalue weighted by Gasteiger charge is -2.17. The molecule has 0 aliphatic heterocycles. The molecule has 0 aromatic heterocycles. The zero-order chi connectivity index (χ0) is 16.3. The number of aliphatic carboxylic acids is 1. The van der Waals surface area contributed by atoms with E-state index >= 15 is 0 Å². The van der Waals surface area contributed by atoms with Crippen molar-refractivity contribution in [1.29, 1.82) is 0 Å². The molecular formula is C17H17ClO4. The molecule has 0 bridgehead atoms. The number of aryl methyl sites for hydroxylation is 2. The van der Waals surface area contributed by atoms with Crippen molar-refractivity contribution in [3.63, 3.8) is 0 Å². The second-order valence-electron chi connectivity index (χ2n) is 5.04. The van der Waals surface area contributed by atoms with Gasteiger partial charge in [0.15, 0.2) is 6.10 Å². The topological polar surface area (TPSA) is 55.8 Å². The van der Waals surface area contributed by atoms with Gasteiger partial charge in [-0.15, -0.1) is 0 Å². The first-order valence-corrected chi connectivity index (χ1v) is 7.18. The number of ether oxygens (including phenoxy) is 2. The highest BCUT2D eigenvalue weighted by Gasteiger charge is 2.16. The summed E-state index contributed by atoms with van der Waals surface area (Å²) in [4.78, 5) is 10.9. The Bertz CT molecular complexity index is 657. The van der Waals surface area contributed by atoms with Crippen LogP contribution >= 0.6 is 11.6 Å². The zero-order valence-electron chi connectivity index (χ0n) is 12.6. The number of rotatable bonds is 5. The first kappa shape index (κ1) is 16.2. The summed E-state index contributed by atoms with van der Waals surface area (Å²) < 4.78 is 11.3. The van der Waals surface area contributed by atoms with Crippen LogP contribution in [0, 0.1) is 13.8 Å². The molecule has 0 radical (unpaired) electrons. The van der Waals surface area contributed by atoms with E-state index in [-0.39, 0.29) is 0 Å². The standard InChI is InChI=1S/C17H17ClO4/c1-10-8-15(22-14-6-4-13(18)5-7-14)9-11(2)16(10)21-12(3)17(19)20/h4-9,12H,1-3H3,(H,19,20). The molecule has 2 aromatic carbocycles. The Labute approximate surface area is 134 Å². The van der Waals surface area contributed by atoms with Crippen LogP contribution < -0.4 is 9.47 Å². The monoisotopic (exact) mass is 320 g/mol. The molecule has 0 spiro atoms. The molecule has 2 aromatic rings. The third-order valence-electron chi connectivity index (χ3n) is 3.13. The molecule has 1 atom stereocenters. The van der Waals surface area contributed by atoms with Gasteiger partial charge >= 0.3 is 5.97 Å². The molecule has 1 unspecified atom stereocenters. The number of carboxylic acid groups (broad SMARTS) is 1. The minimum atomic E-state index is -1.000. The summed E-state index contributed by atoms with van der Waals surface area (Å²) in [5.74, 6) is 0.905. The number of carbonyl (C=O) groups is 1. The average molecular weight is 321 g/mol. The van der Waals surface area contributed by atoms with Gasteiger partial charge in [-0.25, -0.2) is 4.79 Å². The van der Waals surface area contributed by atoms with E-state index in [4.69, 9.17) is 26.2 Å². The Morgan fingerprint density at radius 1 is 1.09 bits per heavy atom. The quantitative estimate of drug-likeness (QED) is 0.874. The fraction of sp³-hybridized carbons (Fsp3) is 0.235. The van der Waals surface area contributed by atoms with E-state index in [0.717, 1.165) is 11.1 Å². The van der Waals surface area contributed by atoms with E-state index in [9.17, 15) is 4.79 Å². The van der Waals surface area contributed by atoms with E-state index < -0.39 is 12.1 Å². The molecule has 0 aliphatic carbocycles. The van der Waals surface area contributed by atoms with Gasteiger partial charge in [-0.1, -0.05) is 11.6 Å². The molecule has 4 nitrogen and oxygen atoms in total. The van der Waals surface area contributed by atoms with Gasteiger partial charge in [0.05, 0.1) is 0 Å². The second-order valence-corrected chi connectivity index (χ2v) is 5.48. The number of carboxylic acids is 1. The molecule has 22 heavy (non-hydrogen) atoms. The van der Waals surface area contributed by atoms with E-state index in [0.29, 0.717) is 22.3 Å². The molecule has 0 heterocycles. The van der Waals surface area contributed by atoms with Gasteiger partial charge in [0, 0.05) is 5.02 Å². The van der Waals surface area contributed by atoms with Gasteiger partial charge in [-0.05, 0) is 68.3 Å². The fourth-order valence-corrected chi connectivity index (χ4v) is 2.15. The molecule has 116 valence electrons. The molecular weight excluding hydrogens is 304 g/mol. The maximum absolute atomic E-state index is 10.9. The number of halogens is 1. The van der Waals surface area contributed by atoms with Crippen molar-refractivity contribution in [3.05, 3.63) is 52.5 Å². The predicted octanol–water partition coefficient (Wildman–Crippen LogP) is 4.60. The van der Waals surface area contributed by atoms with E-state index in [1.165, 1.54) is 6.92 Å². The van der Waals surface area contributed by atoms with Crippen molar-refractivity contribution in [3.8, 4) is 17.2 Å². The van der Waals surface area contributed by atoms with Crippen LogP contribution in [-0.4, -0.2) is 17.2 Å². The minimum Gasteiger partial charge on any atom is -0.479 e. The van der Waals surface area contributed by atoms with Crippen molar-refractivity contribution >= 4 is 17.6 Å². The smallest absolute Gasteiger partial charge is 0.344 e. The third-order valence-corrected chi connectivity index (χ3v) is 3.38. The lowest BCUT2D eigenvalue weighted by Crippen LogP contribution is -2.23. The summed E-state index contributed by atoms with van der Waals surface area (Å²) in [7, 11) is 0. The number of hydrogen-bond acceptors (Lipinski definition) is 3. The predicted molar refractivity (Wildman–Crippen MR) is 85.2 cm³/mol. The highest BCUT2D eigenvalue weighted by atomic mass is 35.5. The van der Waals surface area contributed by atoms with Crippen LogP contribution in [0.5, 0.6) is 17.2 Å². The molecule has 0 aliphatic rings. The SMILES string of the molecule is Cc1cc(Oc2ccc(Cl)cc2)cc(C)c1OC(C)C(=O)O. The van der Waals surface area contributed by atoms with Crippen LogP contribution in [0.2, 0.25) is 5.02 Å². The molecule has 0 amide bonds. The normalized spacial score (nSPS) is 11.8. The summed E-state index contributed by atoms with van der Waals surface area (Å²) in [5, 5.41) is 9.58. The summed E-state index contributed by atoms with van der Waals surface area (Å²) in [6.07, 6.45) is -0.902. The Balaban J connectivity index is 2.22.